The van der Waals surface area contributed by atoms with Crippen LogP contribution in [0.3, 0.4) is 0 Å². The second kappa shape index (κ2) is 8.76. The predicted octanol–water partition coefficient (Wildman–Crippen LogP) is 5.14. The van der Waals surface area contributed by atoms with Crippen LogP contribution < -0.4 is 10.6 Å². The maximum atomic E-state index is 12.2. The fourth-order valence-electron chi connectivity index (χ4n) is 2.27. The summed E-state index contributed by atoms with van der Waals surface area (Å²) < 4.78 is 0. The summed E-state index contributed by atoms with van der Waals surface area (Å²) in [5.41, 5.74) is 2.89. The summed E-state index contributed by atoms with van der Waals surface area (Å²) in [5.74, 6) is -0.0770. The normalized spacial score (nSPS) is 14.8. The van der Waals surface area contributed by atoms with E-state index < -0.39 is 0 Å². The molecule has 1 unspecified atom stereocenters. The van der Waals surface area contributed by atoms with E-state index >= 15 is 0 Å². The molecule has 126 valence electrons. The van der Waals surface area contributed by atoms with Gasteiger partial charge in [0.05, 0.1) is 0 Å². The second-order valence-electron chi connectivity index (χ2n) is 5.06. The SMILES string of the molecule is CC.O=C(NCc1ccc(Cl)cc1)C1C=Cc2cc(Cl)ccc2N1. The van der Waals surface area contributed by atoms with Gasteiger partial charge in [0.15, 0.2) is 0 Å². The molecule has 1 aliphatic heterocycles. The zero-order valence-electron chi connectivity index (χ0n) is 13.6. The molecule has 3 nitrogen and oxygen atoms in total. The van der Waals surface area contributed by atoms with Crippen molar-refractivity contribution in [3.63, 3.8) is 0 Å². The van der Waals surface area contributed by atoms with Crippen LogP contribution >= 0.6 is 23.2 Å². The Labute approximate surface area is 152 Å². The highest BCUT2D eigenvalue weighted by atomic mass is 35.5. The van der Waals surface area contributed by atoms with Crippen molar-refractivity contribution in [1.82, 2.24) is 5.32 Å². The van der Waals surface area contributed by atoms with E-state index in [-0.39, 0.29) is 11.9 Å². The number of anilines is 1. The van der Waals surface area contributed by atoms with E-state index in [1.54, 1.807) is 6.07 Å². The first-order chi connectivity index (χ1) is 11.6. The van der Waals surface area contributed by atoms with Gasteiger partial charge in [0.1, 0.15) is 6.04 Å². The zero-order valence-corrected chi connectivity index (χ0v) is 15.2. The minimum Gasteiger partial charge on any atom is -0.370 e. The first-order valence-electron chi connectivity index (χ1n) is 7.88. The van der Waals surface area contributed by atoms with Crippen molar-refractivity contribution in [2.75, 3.05) is 5.32 Å². The Morgan fingerprint density at radius 2 is 1.75 bits per heavy atom. The molecule has 0 aromatic heterocycles. The van der Waals surface area contributed by atoms with E-state index in [2.05, 4.69) is 10.6 Å². The number of halogens is 2. The monoisotopic (exact) mass is 362 g/mol. The number of amides is 1. The summed E-state index contributed by atoms with van der Waals surface area (Å²) in [6.45, 7) is 4.47. The third-order valence-electron chi connectivity index (χ3n) is 3.46. The fraction of sp³-hybridized carbons (Fsp3) is 0.211. The summed E-state index contributed by atoms with van der Waals surface area (Å²) in [7, 11) is 0. The Bertz CT molecular complexity index is 727. The number of fused-ring (bicyclic) bond motifs is 1. The molecule has 5 heteroatoms. The number of nitrogens with one attached hydrogen (secondary N) is 2. The van der Waals surface area contributed by atoms with Gasteiger partial charge in [-0.15, -0.1) is 0 Å². The van der Waals surface area contributed by atoms with Gasteiger partial charge < -0.3 is 10.6 Å². The molecule has 2 aromatic rings. The zero-order chi connectivity index (χ0) is 17.5. The highest BCUT2D eigenvalue weighted by molar-refractivity contribution is 6.31. The number of carbonyl (C=O) groups is 1. The third kappa shape index (κ3) is 4.76. The van der Waals surface area contributed by atoms with Crippen LogP contribution in [0.25, 0.3) is 6.08 Å². The summed E-state index contributed by atoms with van der Waals surface area (Å²) >= 11 is 11.8. The second-order valence-corrected chi connectivity index (χ2v) is 5.93. The van der Waals surface area contributed by atoms with E-state index in [1.165, 1.54) is 0 Å². The van der Waals surface area contributed by atoms with Crippen LogP contribution in [0, 0.1) is 0 Å². The molecule has 0 saturated heterocycles. The van der Waals surface area contributed by atoms with Crippen LogP contribution in [-0.2, 0) is 11.3 Å². The highest BCUT2D eigenvalue weighted by Crippen LogP contribution is 2.26. The van der Waals surface area contributed by atoms with E-state index in [0.29, 0.717) is 16.6 Å². The molecule has 0 aliphatic carbocycles. The van der Waals surface area contributed by atoms with Gasteiger partial charge in [-0.25, -0.2) is 0 Å². The van der Waals surface area contributed by atoms with E-state index in [1.807, 2.05) is 62.4 Å². The lowest BCUT2D eigenvalue weighted by Crippen LogP contribution is -2.39. The number of carbonyl (C=O) groups excluding carboxylic acids is 1. The van der Waals surface area contributed by atoms with Crippen molar-refractivity contribution < 1.29 is 4.79 Å². The standard InChI is InChI=1S/C17H14Cl2N2O.C2H6/c18-13-4-1-11(2-5-13)10-20-17(22)16-7-3-12-9-14(19)6-8-15(12)21-16;1-2/h1-9,16,21H,10H2,(H,20,22);1-2H3. The molecule has 0 saturated carbocycles. The summed E-state index contributed by atoms with van der Waals surface area (Å²) in [5, 5.41) is 7.46. The molecule has 1 amide bonds. The minimum atomic E-state index is -0.388. The van der Waals surface area contributed by atoms with E-state index in [9.17, 15) is 4.79 Å². The quantitative estimate of drug-likeness (QED) is 0.793. The molecule has 1 aliphatic rings. The first-order valence-corrected chi connectivity index (χ1v) is 8.64. The predicted molar refractivity (Wildman–Crippen MR) is 103 cm³/mol. The third-order valence-corrected chi connectivity index (χ3v) is 3.94. The number of hydrogen-bond donors (Lipinski definition) is 2. The number of benzene rings is 2. The smallest absolute Gasteiger partial charge is 0.246 e. The summed E-state index contributed by atoms with van der Waals surface area (Å²) in [4.78, 5) is 12.2. The minimum absolute atomic E-state index is 0.0770. The van der Waals surface area contributed by atoms with Crippen molar-refractivity contribution in [3.8, 4) is 0 Å². The number of rotatable bonds is 3. The highest BCUT2D eigenvalue weighted by Gasteiger charge is 2.19. The van der Waals surface area contributed by atoms with Gasteiger partial charge in [0.25, 0.3) is 0 Å². The van der Waals surface area contributed by atoms with Crippen LogP contribution in [-0.4, -0.2) is 11.9 Å². The Kier molecular flexibility index (Phi) is 6.71. The maximum absolute atomic E-state index is 12.2. The van der Waals surface area contributed by atoms with Gasteiger partial charge in [0.2, 0.25) is 5.91 Å². The Balaban J connectivity index is 0.00000100. The van der Waals surface area contributed by atoms with Gasteiger partial charge in [-0.05, 0) is 41.5 Å². The maximum Gasteiger partial charge on any atom is 0.246 e. The molecule has 1 heterocycles. The van der Waals surface area contributed by atoms with Crippen LogP contribution in [0.2, 0.25) is 10.0 Å². The van der Waals surface area contributed by atoms with Crippen LogP contribution in [0.1, 0.15) is 25.0 Å². The van der Waals surface area contributed by atoms with Crippen molar-refractivity contribution in [2.24, 2.45) is 0 Å². The molecule has 1 atom stereocenters. The summed E-state index contributed by atoms with van der Waals surface area (Å²) in [6, 6.07) is 12.6. The topological polar surface area (TPSA) is 41.1 Å². The van der Waals surface area contributed by atoms with Crippen LogP contribution in [0.15, 0.2) is 48.5 Å². The lowest BCUT2D eigenvalue weighted by Gasteiger charge is -2.22. The fourth-order valence-corrected chi connectivity index (χ4v) is 2.58. The van der Waals surface area contributed by atoms with Gasteiger partial charge >= 0.3 is 0 Å². The average molecular weight is 363 g/mol. The van der Waals surface area contributed by atoms with Gasteiger partial charge in [0, 0.05) is 22.3 Å². The lowest BCUT2D eigenvalue weighted by molar-refractivity contribution is -0.121. The van der Waals surface area contributed by atoms with Crippen molar-refractivity contribution in [2.45, 2.75) is 26.4 Å². The number of hydrogen-bond acceptors (Lipinski definition) is 2. The molecule has 0 radical (unpaired) electrons. The molecule has 24 heavy (non-hydrogen) atoms. The Morgan fingerprint density at radius 1 is 1.08 bits per heavy atom. The van der Waals surface area contributed by atoms with Gasteiger partial charge in [-0.1, -0.05) is 61.3 Å². The van der Waals surface area contributed by atoms with Gasteiger partial charge in [-0.2, -0.15) is 0 Å². The average Bonchev–Trinajstić information content (AvgIpc) is 2.62. The first kappa shape index (κ1) is 18.4. The Hall–Kier alpha value is -1.97. The van der Waals surface area contributed by atoms with Crippen LogP contribution in [0.4, 0.5) is 5.69 Å². The lowest BCUT2D eigenvalue weighted by atomic mass is 10.1. The molecule has 2 N–H and O–H groups in total. The van der Waals surface area contributed by atoms with E-state index in [0.717, 1.165) is 16.8 Å². The van der Waals surface area contributed by atoms with E-state index in [4.69, 9.17) is 23.2 Å². The molecule has 3 rings (SSSR count). The molecule has 0 bridgehead atoms. The van der Waals surface area contributed by atoms with Gasteiger partial charge in [-0.3, -0.25) is 4.79 Å². The van der Waals surface area contributed by atoms with Crippen LogP contribution in [0.5, 0.6) is 0 Å². The molecule has 0 fully saturated rings. The molecule has 0 spiro atoms. The van der Waals surface area contributed by atoms with Crippen molar-refractivity contribution in [1.29, 1.82) is 0 Å². The molecule has 2 aromatic carbocycles. The molecular formula is C19H20Cl2N2O. The Morgan fingerprint density at radius 3 is 2.46 bits per heavy atom. The molecular weight excluding hydrogens is 343 g/mol. The largest absolute Gasteiger partial charge is 0.370 e. The van der Waals surface area contributed by atoms with Crippen molar-refractivity contribution in [3.05, 3.63) is 69.7 Å². The van der Waals surface area contributed by atoms with Crippen molar-refractivity contribution >= 4 is 40.9 Å². The summed E-state index contributed by atoms with van der Waals surface area (Å²) in [6.07, 6.45) is 3.74.